The molecule has 7 heteroatoms. The van der Waals surface area contributed by atoms with Gasteiger partial charge >= 0.3 is 6.03 Å². The molecule has 0 atom stereocenters. The van der Waals surface area contributed by atoms with E-state index in [0.717, 1.165) is 15.6 Å². The van der Waals surface area contributed by atoms with Gasteiger partial charge in [0.2, 0.25) is 0 Å². The first-order chi connectivity index (χ1) is 8.65. The number of amides is 1. The van der Waals surface area contributed by atoms with Gasteiger partial charge in [0, 0.05) is 26.3 Å². The zero-order valence-electron chi connectivity index (χ0n) is 10.2. The van der Waals surface area contributed by atoms with Gasteiger partial charge in [-0.05, 0) is 35.7 Å². The number of carbonyl (C=O) groups excluding carboxylic acids is 1. The molecule has 18 heavy (non-hydrogen) atoms. The second-order valence-corrected chi connectivity index (χ2v) is 4.92. The summed E-state index contributed by atoms with van der Waals surface area (Å²) in [5, 5.41) is 3.91. The van der Waals surface area contributed by atoms with E-state index in [1.165, 1.54) is 6.33 Å². The van der Waals surface area contributed by atoms with Crippen LogP contribution in [0, 0.1) is 3.70 Å². The summed E-state index contributed by atoms with van der Waals surface area (Å²) < 4.78 is 2.40. The van der Waals surface area contributed by atoms with Gasteiger partial charge in [0.25, 0.3) is 0 Å². The monoisotopic (exact) mass is 359 g/mol. The van der Waals surface area contributed by atoms with Crippen molar-refractivity contribution >= 4 is 39.7 Å². The minimum atomic E-state index is -0.0882. The molecule has 0 aliphatic heterocycles. The number of nitrogens with one attached hydrogen (secondary N) is 1. The number of halogens is 1. The lowest BCUT2D eigenvalue weighted by atomic mass is 10.4. The summed E-state index contributed by atoms with van der Waals surface area (Å²) in [4.78, 5) is 22.2. The van der Waals surface area contributed by atoms with Gasteiger partial charge in [-0.2, -0.15) is 0 Å². The van der Waals surface area contributed by atoms with Gasteiger partial charge in [0.15, 0.2) is 5.65 Å². The Bertz CT molecular complexity index is 568. The van der Waals surface area contributed by atoms with Gasteiger partial charge in [-0.25, -0.2) is 14.8 Å². The summed E-state index contributed by atoms with van der Waals surface area (Å²) in [7, 11) is 3.64. The fraction of sp³-hybridized carbons (Fsp3) is 0.364. The molecule has 2 aromatic heterocycles. The maximum Gasteiger partial charge on any atom is 0.329 e. The van der Waals surface area contributed by atoms with Crippen molar-refractivity contribution in [3.05, 3.63) is 22.3 Å². The van der Waals surface area contributed by atoms with Crippen LogP contribution in [0.25, 0.3) is 11.0 Å². The smallest absolute Gasteiger partial charge is 0.326 e. The van der Waals surface area contributed by atoms with Gasteiger partial charge in [-0.15, -0.1) is 0 Å². The van der Waals surface area contributed by atoms with E-state index in [0.29, 0.717) is 12.2 Å². The molecule has 0 aromatic carbocycles. The highest BCUT2D eigenvalue weighted by Crippen LogP contribution is 2.17. The lowest BCUT2D eigenvalue weighted by molar-refractivity contribution is 0.212. The first kappa shape index (κ1) is 13.2. The summed E-state index contributed by atoms with van der Waals surface area (Å²) >= 11 is 2.14. The number of aromatic nitrogens is 3. The van der Waals surface area contributed by atoms with Crippen molar-refractivity contribution in [3.8, 4) is 0 Å². The molecule has 0 aliphatic carbocycles. The lowest BCUT2D eigenvalue weighted by Crippen LogP contribution is -2.35. The Morgan fingerprint density at radius 3 is 3.06 bits per heavy atom. The Kier molecular flexibility index (Phi) is 4.12. The molecule has 2 heterocycles. The molecule has 0 unspecified atom stereocenters. The summed E-state index contributed by atoms with van der Waals surface area (Å²) in [5.41, 5.74) is 0.649. The molecule has 6 nitrogen and oxygen atoms in total. The molecule has 0 radical (unpaired) electrons. The van der Waals surface area contributed by atoms with E-state index in [2.05, 4.69) is 37.9 Å². The highest BCUT2D eigenvalue weighted by Gasteiger charge is 2.15. The first-order valence-electron chi connectivity index (χ1n) is 5.52. The molecule has 1 amide bonds. The largest absolute Gasteiger partial charge is 0.329 e. The van der Waals surface area contributed by atoms with Crippen molar-refractivity contribution in [2.45, 2.75) is 0 Å². The third-order valence-electron chi connectivity index (χ3n) is 2.66. The molecule has 0 bridgehead atoms. The van der Waals surface area contributed by atoms with E-state index < -0.39 is 0 Å². The predicted octanol–water partition coefficient (Wildman–Crippen LogP) is 1.16. The lowest BCUT2D eigenvalue weighted by Gasteiger charge is -2.17. The highest BCUT2D eigenvalue weighted by molar-refractivity contribution is 14.1. The van der Waals surface area contributed by atoms with Crippen LogP contribution in [-0.4, -0.2) is 52.7 Å². The Morgan fingerprint density at radius 1 is 1.56 bits per heavy atom. The molecule has 1 N–H and O–H groups in total. The van der Waals surface area contributed by atoms with Gasteiger partial charge in [0.05, 0.1) is 5.39 Å². The Balaban J connectivity index is 2.31. The Hall–Kier alpha value is -1.22. The summed E-state index contributed by atoms with van der Waals surface area (Å²) in [6.45, 7) is 1.41. The molecule has 0 aliphatic rings. The maximum atomic E-state index is 12.2. The topological polar surface area (TPSA) is 63.1 Å². The van der Waals surface area contributed by atoms with E-state index >= 15 is 0 Å². The van der Waals surface area contributed by atoms with E-state index in [-0.39, 0.29) is 6.03 Å². The number of rotatable bonds is 3. The molecule has 2 aromatic rings. The van der Waals surface area contributed by atoms with Crippen LogP contribution in [0.1, 0.15) is 0 Å². The number of nitrogens with zero attached hydrogens (tertiary/aromatic N) is 4. The SMILES string of the molecule is CNCCN(C)C(=O)n1ccc2c(I)ncnc21. The molecule has 0 saturated heterocycles. The maximum absolute atomic E-state index is 12.2. The molecule has 96 valence electrons. The summed E-state index contributed by atoms with van der Waals surface area (Å²) in [6, 6.07) is 1.77. The summed E-state index contributed by atoms with van der Waals surface area (Å²) in [5.74, 6) is 0. The normalized spacial score (nSPS) is 10.8. The number of hydrogen-bond acceptors (Lipinski definition) is 4. The van der Waals surface area contributed by atoms with Crippen molar-refractivity contribution in [3.63, 3.8) is 0 Å². The molecule has 0 fully saturated rings. The van der Waals surface area contributed by atoms with Crippen LogP contribution in [0.15, 0.2) is 18.6 Å². The molecular formula is C11H14IN5O. The van der Waals surface area contributed by atoms with Crippen LogP contribution < -0.4 is 5.32 Å². The van der Waals surface area contributed by atoms with Gasteiger partial charge in [0.1, 0.15) is 10.0 Å². The van der Waals surface area contributed by atoms with Crippen molar-refractivity contribution in [2.75, 3.05) is 27.2 Å². The van der Waals surface area contributed by atoms with E-state index in [1.807, 2.05) is 13.1 Å². The summed E-state index contributed by atoms with van der Waals surface area (Å²) in [6.07, 6.45) is 3.21. The zero-order valence-corrected chi connectivity index (χ0v) is 12.4. The van der Waals surface area contributed by atoms with Crippen molar-refractivity contribution in [2.24, 2.45) is 0 Å². The third kappa shape index (κ3) is 2.46. The number of carbonyl (C=O) groups is 1. The minimum absolute atomic E-state index is 0.0882. The average molecular weight is 359 g/mol. The highest BCUT2D eigenvalue weighted by atomic mass is 127. The van der Waals surface area contributed by atoms with Crippen molar-refractivity contribution in [1.29, 1.82) is 0 Å². The van der Waals surface area contributed by atoms with Gasteiger partial charge in [-0.3, -0.25) is 4.57 Å². The van der Waals surface area contributed by atoms with Crippen LogP contribution in [0.4, 0.5) is 4.79 Å². The Morgan fingerprint density at radius 2 is 2.33 bits per heavy atom. The van der Waals surface area contributed by atoms with Crippen LogP contribution in [0.5, 0.6) is 0 Å². The second kappa shape index (κ2) is 5.61. The molecule has 0 saturated carbocycles. The van der Waals surface area contributed by atoms with Gasteiger partial charge < -0.3 is 10.2 Å². The molecular weight excluding hydrogens is 345 g/mol. The van der Waals surface area contributed by atoms with Crippen LogP contribution in [-0.2, 0) is 0 Å². The van der Waals surface area contributed by atoms with Crippen molar-refractivity contribution in [1.82, 2.24) is 24.8 Å². The Labute approximate surface area is 119 Å². The fourth-order valence-corrected chi connectivity index (χ4v) is 2.18. The first-order valence-corrected chi connectivity index (χ1v) is 6.60. The minimum Gasteiger partial charge on any atom is -0.326 e. The molecule has 0 spiro atoms. The van der Waals surface area contributed by atoms with Crippen LogP contribution in [0.2, 0.25) is 0 Å². The van der Waals surface area contributed by atoms with E-state index in [9.17, 15) is 4.79 Å². The third-order valence-corrected chi connectivity index (χ3v) is 3.52. The quantitative estimate of drug-likeness (QED) is 0.660. The molecule has 2 rings (SSSR count). The fourth-order valence-electron chi connectivity index (χ4n) is 1.63. The van der Waals surface area contributed by atoms with Crippen LogP contribution in [0.3, 0.4) is 0 Å². The standard InChI is InChI=1S/C11H14IN5O/c1-13-4-6-16(2)11(18)17-5-3-8-9(12)14-7-15-10(8)17/h3,5,7,13H,4,6H2,1-2H3. The average Bonchev–Trinajstić information content (AvgIpc) is 2.80. The van der Waals surface area contributed by atoms with Crippen molar-refractivity contribution < 1.29 is 4.79 Å². The number of fused-ring (bicyclic) bond motifs is 1. The predicted molar refractivity (Wildman–Crippen MR) is 77.6 cm³/mol. The van der Waals surface area contributed by atoms with Crippen LogP contribution >= 0.6 is 22.6 Å². The second-order valence-electron chi connectivity index (χ2n) is 3.90. The number of hydrogen-bond donors (Lipinski definition) is 1. The van der Waals surface area contributed by atoms with E-state index in [4.69, 9.17) is 0 Å². The number of likely N-dealkylation sites (N-methyl/N-ethyl adjacent to an activating group) is 2. The zero-order chi connectivity index (χ0) is 13.1. The van der Waals surface area contributed by atoms with Gasteiger partial charge in [-0.1, -0.05) is 0 Å². The van der Waals surface area contributed by atoms with E-state index in [1.54, 1.807) is 22.7 Å².